The van der Waals surface area contributed by atoms with Gasteiger partial charge in [-0.1, -0.05) is 11.8 Å². The van der Waals surface area contributed by atoms with Crippen molar-refractivity contribution in [1.82, 2.24) is 4.98 Å². The maximum absolute atomic E-state index is 12.3. The van der Waals surface area contributed by atoms with Crippen molar-refractivity contribution in [1.29, 1.82) is 0 Å². The quantitative estimate of drug-likeness (QED) is 0.145. The second-order valence-corrected chi connectivity index (χ2v) is 9.21. The number of phenols is 1. The molecule has 34 heavy (non-hydrogen) atoms. The second kappa shape index (κ2) is 10.3. The zero-order valence-corrected chi connectivity index (χ0v) is 19.4. The minimum absolute atomic E-state index is 0.0974. The van der Waals surface area contributed by atoms with Gasteiger partial charge < -0.3 is 15.2 Å². The number of anilines is 1. The van der Waals surface area contributed by atoms with Crippen molar-refractivity contribution >= 4 is 62.5 Å². The number of aromatic hydroxyl groups is 1. The van der Waals surface area contributed by atoms with E-state index in [0.717, 1.165) is 14.6 Å². The number of nitrogens with one attached hydrogen (secondary N) is 1. The Labute approximate surface area is 202 Å². The van der Waals surface area contributed by atoms with Crippen molar-refractivity contribution in [3.05, 3.63) is 76.3 Å². The summed E-state index contributed by atoms with van der Waals surface area (Å²) in [5, 5.41) is 23.7. The summed E-state index contributed by atoms with van der Waals surface area (Å²) in [6.07, 6.45) is 1.38. The van der Waals surface area contributed by atoms with Crippen LogP contribution >= 0.6 is 23.1 Å². The molecule has 0 aliphatic carbocycles. The topological polar surface area (TPSA) is 127 Å². The number of thiazole rings is 1. The summed E-state index contributed by atoms with van der Waals surface area (Å²) < 4.78 is 6.74. The Morgan fingerprint density at radius 3 is 2.76 bits per heavy atom. The molecule has 0 saturated carbocycles. The molecular formula is C23H18N4O5S2. The zero-order valence-electron chi connectivity index (χ0n) is 17.8. The number of benzene rings is 3. The molecule has 11 heteroatoms. The average Bonchev–Trinajstić information content (AvgIpc) is 3.25. The number of hydrogen-bond donors (Lipinski definition) is 2. The molecule has 0 bridgehead atoms. The Hall–Kier alpha value is -3.96. The summed E-state index contributed by atoms with van der Waals surface area (Å²) in [5.74, 6) is 0.687. The molecule has 1 heterocycles. The van der Waals surface area contributed by atoms with E-state index >= 15 is 0 Å². The van der Waals surface area contributed by atoms with E-state index in [1.807, 2.05) is 12.1 Å². The Kier molecular flexibility index (Phi) is 7.04. The van der Waals surface area contributed by atoms with Gasteiger partial charge in [0.15, 0.2) is 4.34 Å². The maximum Gasteiger partial charge on any atom is 0.270 e. The molecule has 0 aliphatic rings. The number of nitro benzene ring substituents is 1. The fourth-order valence-corrected chi connectivity index (χ4v) is 4.84. The van der Waals surface area contributed by atoms with Gasteiger partial charge in [0, 0.05) is 29.6 Å². The van der Waals surface area contributed by atoms with Gasteiger partial charge in [0.1, 0.15) is 11.5 Å². The van der Waals surface area contributed by atoms with Gasteiger partial charge in [-0.2, -0.15) is 0 Å². The molecule has 4 aromatic rings. The Morgan fingerprint density at radius 1 is 1.24 bits per heavy atom. The summed E-state index contributed by atoms with van der Waals surface area (Å²) in [6.45, 7) is 0. The molecule has 1 aromatic heterocycles. The molecule has 0 unspecified atom stereocenters. The van der Waals surface area contributed by atoms with Gasteiger partial charge in [0.05, 0.1) is 33.7 Å². The van der Waals surface area contributed by atoms with Gasteiger partial charge in [-0.15, -0.1) is 11.3 Å². The molecule has 0 saturated heterocycles. The summed E-state index contributed by atoms with van der Waals surface area (Å²) in [5.41, 5.74) is 2.19. The van der Waals surface area contributed by atoms with Crippen molar-refractivity contribution in [2.24, 2.45) is 4.99 Å². The smallest absolute Gasteiger partial charge is 0.270 e. The van der Waals surface area contributed by atoms with E-state index in [-0.39, 0.29) is 28.7 Å². The first-order valence-electron chi connectivity index (χ1n) is 9.90. The van der Waals surface area contributed by atoms with Crippen LogP contribution in [0.15, 0.2) is 70.0 Å². The Morgan fingerprint density at radius 2 is 2.03 bits per heavy atom. The SMILES string of the molecule is COc1ccc(NC(=O)CSc2nc3ccc(N=Cc4cc([N+](=O)[O-])ccc4O)cc3s2)cc1. The molecule has 0 fully saturated rings. The second-order valence-electron chi connectivity index (χ2n) is 6.96. The highest BCUT2D eigenvalue weighted by Gasteiger charge is 2.10. The van der Waals surface area contributed by atoms with Gasteiger partial charge in [0.2, 0.25) is 5.91 Å². The normalized spacial score (nSPS) is 11.1. The van der Waals surface area contributed by atoms with Crippen LogP contribution in [0.3, 0.4) is 0 Å². The number of rotatable bonds is 8. The highest BCUT2D eigenvalue weighted by molar-refractivity contribution is 8.01. The molecule has 0 aliphatic heterocycles. The number of phenolic OH excluding ortho intramolecular Hbond substituents is 1. The lowest BCUT2D eigenvalue weighted by molar-refractivity contribution is -0.384. The van der Waals surface area contributed by atoms with Crippen molar-refractivity contribution in [3.63, 3.8) is 0 Å². The highest BCUT2D eigenvalue weighted by Crippen LogP contribution is 2.32. The zero-order chi connectivity index (χ0) is 24.1. The number of amides is 1. The molecule has 4 rings (SSSR count). The van der Waals surface area contributed by atoms with E-state index in [2.05, 4.69) is 15.3 Å². The largest absolute Gasteiger partial charge is 0.507 e. The molecule has 9 nitrogen and oxygen atoms in total. The minimum atomic E-state index is -0.531. The molecule has 172 valence electrons. The van der Waals surface area contributed by atoms with Crippen LogP contribution in [0.2, 0.25) is 0 Å². The first-order valence-corrected chi connectivity index (χ1v) is 11.7. The predicted octanol–water partition coefficient (Wildman–Crippen LogP) is 5.40. The number of ether oxygens (including phenoxy) is 1. The van der Waals surface area contributed by atoms with E-state index in [1.54, 1.807) is 37.4 Å². The summed E-state index contributed by atoms with van der Waals surface area (Å²) in [4.78, 5) is 31.5. The van der Waals surface area contributed by atoms with E-state index in [0.29, 0.717) is 17.1 Å². The molecule has 1 amide bonds. The monoisotopic (exact) mass is 494 g/mol. The van der Waals surface area contributed by atoms with E-state index in [1.165, 1.54) is 47.5 Å². The standard InChI is InChI=1S/C23H18N4O5S2/c1-32-18-6-2-15(3-7-18)25-22(29)13-33-23-26-19-8-4-16(11-21(19)34-23)24-12-14-10-17(27(30)31)5-9-20(14)28/h2-12,28H,13H2,1H3,(H,25,29). The van der Waals surface area contributed by atoms with Gasteiger partial charge in [0.25, 0.3) is 5.69 Å². The summed E-state index contributed by atoms with van der Waals surface area (Å²) in [7, 11) is 1.58. The lowest BCUT2D eigenvalue weighted by Gasteiger charge is -2.05. The number of aromatic nitrogens is 1. The first-order chi connectivity index (χ1) is 16.4. The van der Waals surface area contributed by atoms with Crippen LogP contribution < -0.4 is 10.1 Å². The van der Waals surface area contributed by atoms with Gasteiger partial charge >= 0.3 is 0 Å². The molecule has 2 N–H and O–H groups in total. The molecule has 0 radical (unpaired) electrons. The van der Waals surface area contributed by atoms with Crippen molar-refractivity contribution < 1.29 is 19.6 Å². The maximum atomic E-state index is 12.3. The van der Waals surface area contributed by atoms with Crippen LogP contribution in [-0.2, 0) is 4.79 Å². The summed E-state index contributed by atoms with van der Waals surface area (Å²) >= 11 is 2.78. The third-order valence-electron chi connectivity index (χ3n) is 4.63. The van der Waals surface area contributed by atoms with Crippen LogP contribution in [0.1, 0.15) is 5.56 Å². The number of thioether (sulfide) groups is 1. The van der Waals surface area contributed by atoms with Gasteiger partial charge in [-0.3, -0.25) is 19.9 Å². The number of fused-ring (bicyclic) bond motifs is 1. The molecule has 3 aromatic carbocycles. The highest BCUT2D eigenvalue weighted by atomic mass is 32.2. The number of methoxy groups -OCH3 is 1. The van der Waals surface area contributed by atoms with Crippen molar-refractivity contribution in [2.75, 3.05) is 18.2 Å². The van der Waals surface area contributed by atoms with E-state index in [9.17, 15) is 20.0 Å². The van der Waals surface area contributed by atoms with Crippen LogP contribution in [-0.4, -0.2) is 40.0 Å². The number of carbonyl (C=O) groups is 1. The third-order valence-corrected chi connectivity index (χ3v) is 6.79. The van der Waals surface area contributed by atoms with E-state index < -0.39 is 4.92 Å². The lowest BCUT2D eigenvalue weighted by atomic mass is 10.2. The first kappa shape index (κ1) is 23.2. The fraction of sp³-hybridized carbons (Fsp3) is 0.0870. The molecule has 0 spiro atoms. The Balaban J connectivity index is 1.41. The van der Waals surface area contributed by atoms with Gasteiger partial charge in [-0.05, 0) is 48.5 Å². The number of nitro groups is 1. The Bertz CT molecular complexity index is 1390. The van der Waals surface area contributed by atoms with Crippen LogP contribution in [0.5, 0.6) is 11.5 Å². The number of non-ortho nitro benzene ring substituents is 1. The molecular weight excluding hydrogens is 476 g/mol. The lowest BCUT2D eigenvalue weighted by Crippen LogP contribution is -2.13. The van der Waals surface area contributed by atoms with Crippen LogP contribution in [0.25, 0.3) is 10.2 Å². The minimum Gasteiger partial charge on any atom is -0.507 e. The fourth-order valence-electron chi connectivity index (χ4n) is 2.94. The number of nitrogens with zero attached hydrogens (tertiary/aromatic N) is 3. The van der Waals surface area contributed by atoms with Crippen LogP contribution in [0, 0.1) is 10.1 Å². The van der Waals surface area contributed by atoms with Crippen LogP contribution in [0.4, 0.5) is 17.1 Å². The van der Waals surface area contributed by atoms with Gasteiger partial charge in [-0.25, -0.2) is 4.98 Å². The van der Waals surface area contributed by atoms with Crippen molar-refractivity contribution in [2.45, 2.75) is 4.34 Å². The molecule has 0 atom stereocenters. The number of hydrogen-bond acceptors (Lipinski definition) is 9. The number of aliphatic imine (C=N–C) groups is 1. The van der Waals surface area contributed by atoms with E-state index in [4.69, 9.17) is 4.74 Å². The summed E-state index contributed by atoms with van der Waals surface area (Å²) in [6, 6.07) is 16.3. The number of carbonyl (C=O) groups excluding carboxylic acids is 1. The van der Waals surface area contributed by atoms with Crippen molar-refractivity contribution in [3.8, 4) is 11.5 Å². The predicted molar refractivity (Wildman–Crippen MR) is 134 cm³/mol. The average molecular weight is 495 g/mol. The third kappa shape index (κ3) is 5.69.